The molecule has 16 heavy (non-hydrogen) atoms. The van der Waals surface area contributed by atoms with Crippen molar-refractivity contribution >= 4 is 22.9 Å². The van der Waals surface area contributed by atoms with Crippen molar-refractivity contribution in [2.45, 2.75) is 13.0 Å². The number of hydrogen-bond donors (Lipinski definition) is 2. The van der Waals surface area contributed by atoms with Gasteiger partial charge in [-0.3, -0.25) is 5.84 Å². The number of rotatable bonds is 3. The van der Waals surface area contributed by atoms with Crippen molar-refractivity contribution < 1.29 is 0 Å². The van der Waals surface area contributed by atoms with Gasteiger partial charge in [0, 0.05) is 16.1 Å². The van der Waals surface area contributed by atoms with E-state index in [1.807, 2.05) is 37.4 Å². The predicted octanol–water partition coefficient (Wildman–Crippen LogP) is 2.66. The molecule has 0 spiro atoms. The Morgan fingerprint density at radius 3 is 2.75 bits per heavy atom. The number of aryl methyl sites for hydroxylation is 1. The highest BCUT2D eigenvalue weighted by Gasteiger charge is 2.17. The van der Waals surface area contributed by atoms with Crippen LogP contribution in [0.2, 0.25) is 5.02 Å². The van der Waals surface area contributed by atoms with Crippen LogP contribution in [-0.4, -0.2) is 4.98 Å². The smallest absolute Gasteiger partial charge is 0.0897 e. The molecule has 2 rings (SSSR count). The number of nitrogens with two attached hydrogens (primary N) is 1. The second kappa shape index (κ2) is 4.93. The molecule has 84 valence electrons. The Kier molecular flexibility index (Phi) is 3.56. The third-order valence-electron chi connectivity index (χ3n) is 2.31. The molecule has 1 aromatic carbocycles. The van der Waals surface area contributed by atoms with Crippen LogP contribution >= 0.6 is 22.9 Å². The normalized spacial score (nSPS) is 12.7. The summed E-state index contributed by atoms with van der Waals surface area (Å²) in [6, 6.07) is 7.56. The van der Waals surface area contributed by atoms with E-state index in [2.05, 4.69) is 10.4 Å². The number of halogens is 1. The molecule has 1 atom stereocenters. The summed E-state index contributed by atoms with van der Waals surface area (Å²) in [4.78, 5) is 5.28. The van der Waals surface area contributed by atoms with E-state index in [1.54, 1.807) is 11.3 Å². The van der Waals surface area contributed by atoms with Gasteiger partial charge in [0.25, 0.3) is 0 Å². The Morgan fingerprint density at radius 1 is 1.44 bits per heavy atom. The van der Waals surface area contributed by atoms with Crippen LogP contribution in [0.15, 0.2) is 30.5 Å². The highest BCUT2D eigenvalue weighted by molar-refractivity contribution is 7.11. The Bertz CT molecular complexity index is 484. The van der Waals surface area contributed by atoms with Crippen LogP contribution in [0.1, 0.15) is 21.5 Å². The summed E-state index contributed by atoms with van der Waals surface area (Å²) in [7, 11) is 0. The molecule has 1 aromatic heterocycles. The van der Waals surface area contributed by atoms with Crippen molar-refractivity contribution in [1.29, 1.82) is 0 Å². The van der Waals surface area contributed by atoms with Crippen LogP contribution in [0.5, 0.6) is 0 Å². The molecule has 3 nitrogen and oxygen atoms in total. The van der Waals surface area contributed by atoms with E-state index >= 15 is 0 Å². The van der Waals surface area contributed by atoms with E-state index < -0.39 is 0 Å². The summed E-state index contributed by atoms with van der Waals surface area (Å²) in [6.45, 7) is 1.97. The molecule has 5 heteroatoms. The average Bonchev–Trinajstić information content (AvgIpc) is 2.69. The van der Waals surface area contributed by atoms with Gasteiger partial charge in [-0.15, -0.1) is 11.3 Å². The molecular weight excluding hydrogens is 242 g/mol. The number of nitrogens with one attached hydrogen (secondary N) is 1. The standard InChI is InChI=1S/C11H12ClN3S/c1-7-14-6-10(16-7)11(15-13)8-4-2-3-5-9(8)12/h2-6,11,15H,13H2,1H3. The summed E-state index contributed by atoms with van der Waals surface area (Å²) in [5.74, 6) is 5.59. The number of benzene rings is 1. The fourth-order valence-electron chi connectivity index (χ4n) is 1.55. The lowest BCUT2D eigenvalue weighted by atomic mass is 10.1. The van der Waals surface area contributed by atoms with Gasteiger partial charge in [-0.25, -0.2) is 10.4 Å². The lowest BCUT2D eigenvalue weighted by Gasteiger charge is -2.15. The van der Waals surface area contributed by atoms with Crippen LogP contribution in [0.25, 0.3) is 0 Å². The lowest BCUT2D eigenvalue weighted by molar-refractivity contribution is 0.645. The largest absolute Gasteiger partial charge is 0.271 e. The molecule has 1 heterocycles. The predicted molar refractivity (Wildman–Crippen MR) is 67.5 cm³/mol. The first-order chi connectivity index (χ1) is 7.72. The third-order valence-corrected chi connectivity index (χ3v) is 3.63. The fourth-order valence-corrected chi connectivity index (χ4v) is 2.66. The van der Waals surface area contributed by atoms with Crippen LogP contribution in [-0.2, 0) is 0 Å². The molecule has 2 aromatic rings. The Hall–Kier alpha value is -0.940. The van der Waals surface area contributed by atoms with E-state index in [9.17, 15) is 0 Å². The van der Waals surface area contributed by atoms with Crippen molar-refractivity contribution in [1.82, 2.24) is 10.4 Å². The van der Waals surface area contributed by atoms with Gasteiger partial charge in [0.05, 0.1) is 11.0 Å². The minimum absolute atomic E-state index is 0.0973. The molecule has 0 fully saturated rings. The Morgan fingerprint density at radius 2 is 2.19 bits per heavy atom. The molecule has 0 bridgehead atoms. The van der Waals surface area contributed by atoms with Crippen molar-refractivity contribution in [3.63, 3.8) is 0 Å². The quantitative estimate of drug-likeness (QED) is 0.653. The maximum Gasteiger partial charge on any atom is 0.0897 e. The van der Waals surface area contributed by atoms with Crippen molar-refractivity contribution in [3.8, 4) is 0 Å². The Balaban J connectivity index is 2.40. The monoisotopic (exact) mass is 253 g/mol. The maximum atomic E-state index is 6.14. The lowest BCUT2D eigenvalue weighted by Crippen LogP contribution is -2.28. The van der Waals surface area contributed by atoms with Crippen molar-refractivity contribution in [2.75, 3.05) is 0 Å². The molecule has 1 unspecified atom stereocenters. The van der Waals surface area contributed by atoms with Gasteiger partial charge in [-0.2, -0.15) is 0 Å². The minimum Gasteiger partial charge on any atom is -0.271 e. The molecule has 0 aliphatic rings. The number of hydrogen-bond acceptors (Lipinski definition) is 4. The molecule has 0 aliphatic carbocycles. The fraction of sp³-hybridized carbons (Fsp3) is 0.182. The summed E-state index contributed by atoms with van der Waals surface area (Å²) in [6.07, 6.45) is 1.83. The van der Waals surface area contributed by atoms with Gasteiger partial charge in [0.1, 0.15) is 0 Å². The molecule has 0 amide bonds. The molecule has 3 N–H and O–H groups in total. The molecular formula is C11H12ClN3S. The van der Waals surface area contributed by atoms with Gasteiger partial charge in [0.2, 0.25) is 0 Å². The van der Waals surface area contributed by atoms with Crippen LogP contribution in [0.4, 0.5) is 0 Å². The first-order valence-corrected chi connectivity index (χ1v) is 6.04. The summed E-state index contributed by atoms with van der Waals surface area (Å²) < 4.78 is 0. The second-order valence-electron chi connectivity index (χ2n) is 3.40. The Labute approximate surface area is 103 Å². The molecule has 0 radical (unpaired) electrons. The molecule has 0 saturated carbocycles. The first kappa shape index (κ1) is 11.5. The van der Waals surface area contributed by atoms with Gasteiger partial charge >= 0.3 is 0 Å². The highest BCUT2D eigenvalue weighted by atomic mass is 35.5. The number of hydrazine groups is 1. The van der Waals surface area contributed by atoms with E-state index in [1.165, 1.54) is 0 Å². The van der Waals surface area contributed by atoms with E-state index in [0.29, 0.717) is 5.02 Å². The number of nitrogens with zero attached hydrogens (tertiary/aromatic N) is 1. The van der Waals surface area contributed by atoms with Crippen molar-refractivity contribution in [3.05, 3.63) is 50.9 Å². The number of aromatic nitrogens is 1. The van der Waals surface area contributed by atoms with Gasteiger partial charge in [-0.05, 0) is 18.6 Å². The van der Waals surface area contributed by atoms with Crippen LogP contribution in [0.3, 0.4) is 0 Å². The van der Waals surface area contributed by atoms with Gasteiger partial charge < -0.3 is 0 Å². The zero-order valence-electron chi connectivity index (χ0n) is 8.77. The topological polar surface area (TPSA) is 50.9 Å². The second-order valence-corrected chi connectivity index (χ2v) is 5.08. The van der Waals surface area contributed by atoms with Crippen LogP contribution in [0, 0.1) is 6.92 Å². The minimum atomic E-state index is -0.0973. The van der Waals surface area contributed by atoms with E-state index in [0.717, 1.165) is 15.4 Å². The molecule has 0 aliphatic heterocycles. The van der Waals surface area contributed by atoms with Crippen LogP contribution < -0.4 is 11.3 Å². The summed E-state index contributed by atoms with van der Waals surface area (Å²) in [5.41, 5.74) is 3.74. The van der Waals surface area contributed by atoms with Crippen molar-refractivity contribution in [2.24, 2.45) is 5.84 Å². The number of thiazole rings is 1. The van der Waals surface area contributed by atoms with E-state index in [4.69, 9.17) is 17.4 Å². The third kappa shape index (κ3) is 2.25. The first-order valence-electron chi connectivity index (χ1n) is 4.85. The van der Waals surface area contributed by atoms with Gasteiger partial charge in [-0.1, -0.05) is 29.8 Å². The maximum absolute atomic E-state index is 6.14. The molecule has 0 saturated heterocycles. The zero-order chi connectivity index (χ0) is 11.5. The summed E-state index contributed by atoms with van der Waals surface area (Å²) >= 11 is 7.75. The summed E-state index contributed by atoms with van der Waals surface area (Å²) in [5, 5.41) is 1.72. The van der Waals surface area contributed by atoms with E-state index in [-0.39, 0.29) is 6.04 Å². The highest BCUT2D eigenvalue weighted by Crippen LogP contribution is 2.30. The van der Waals surface area contributed by atoms with Gasteiger partial charge in [0.15, 0.2) is 0 Å². The SMILES string of the molecule is Cc1ncc(C(NN)c2ccccc2Cl)s1. The average molecular weight is 254 g/mol. The zero-order valence-corrected chi connectivity index (χ0v) is 10.3.